The monoisotopic (exact) mass is 908 g/mol. The van der Waals surface area contributed by atoms with E-state index in [2.05, 4.69) is 93.7 Å². The lowest BCUT2D eigenvalue weighted by Crippen LogP contribution is -2.31. The molecule has 1 aliphatic rings. The van der Waals surface area contributed by atoms with Gasteiger partial charge in [-0.3, -0.25) is 0 Å². The van der Waals surface area contributed by atoms with Gasteiger partial charge in [-0.15, -0.1) is 0 Å². The second kappa shape index (κ2) is 13.9. The van der Waals surface area contributed by atoms with E-state index in [0.717, 1.165) is 81.3 Å². The molecule has 0 saturated carbocycles. The maximum absolute atomic E-state index is 16.4. The van der Waals surface area contributed by atoms with E-state index in [0.29, 0.717) is 0 Å². The van der Waals surface area contributed by atoms with E-state index in [1.165, 1.54) is 3.58 Å². The van der Waals surface area contributed by atoms with Crippen LogP contribution in [0.5, 0.6) is 0 Å². The average molecular weight is 908 g/mol. The molecule has 0 heterocycles. The number of hydrogen-bond acceptors (Lipinski definition) is 2. The van der Waals surface area contributed by atoms with Crippen LogP contribution in [0, 0.1) is 3.57 Å². The minimum absolute atomic E-state index is 0.760. The topological polar surface area (TPSA) is 34.1 Å². The lowest BCUT2D eigenvalue weighted by atomic mass is 9.87. The third-order valence-electron chi connectivity index (χ3n) is 9.66. The van der Waals surface area contributed by atoms with Crippen LogP contribution < -0.4 is 31.8 Å². The van der Waals surface area contributed by atoms with Crippen LogP contribution in [0.3, 0.4) is 0 Å². The SMILES string of the molecule is O=P(c1ccccc1)(c1ccccc1)c1ccc2c(c1-c1c(P(=O)(c3ccccc3)c3ccccc3)ccc3c(I)cccc13)CCC=C2I. The summed E-state index contributed by atoms with van der Waals surface area (Å²) >= 11 is 4.85. The number of allylic oxidation sites excluding steroid dienone is 1. The van der Waals surface area contributed by atoms with Crippen molar-refractivity contribution in [2.24, 2.45) is 0 Å². The van der Waals surface area contributed by atoms with Crippen LogP contribution >= 0.6 is 59.5 Å². The molecule has 0 fully saturated rings. The lowest BCUT2D eigenvalue weighted by molar-refractivity contribution is 0.591. The Bertz CT molecular complexity index is 2410. The van der Waals surface area contributed by atoms with Crippen molar-refractivity contribution in [3.8, 4) is 11.1 Å². The Morgan fingerprint density at radius 1 is 0.440 bits per heavy atom. The Hall–Kier alpha value is -3.54. The van der Waals surface area contributed by atoms with Gasteiger partial charge in [0.05, 0.1) is 0 Å². The van der Waals surface area contributed by atoms with Crippen LogP contribution in [0.4, 0.5) is 0 Å². The molecule has 8 rings (SSSR count). The molecule has 0 spiro atoms. The first-order valence-corrected chi connectivity index (χ1v) is 22.2. The number of hydrogen-bond donors (Lipinski definition) is 0. The summed E-state index contributed by atoms with van der Waals surface area (Å²) in [5, 5.41) is 6.72. The molecule has 0 aliphatic heterocycles. The van der Waals surface area contributed by atoms with Crippen molar-refractivity contribution < 1.29 is 9.13 Å². The molecule has 0 unspecified atom stereocenters. The highest BCUT2D eigenvalue weighted by molar-refractivity contribution is 14.1. The molecule has 50 heavy (non-hydrogen) atoms. The van der Waals surface area contributed by atoms with Crippen molar-refractivity contribution in [1.29, 1.82) is 0 Å². The van der Waals surface area contributed by atoms with Crippen molar-refractivity contribution in [1.82, 2.24) is 0 Å². The molecule has 0 radical (unpaired) electrons. The Kier molecular flexibility index (Phi) is 9.33. The van der Waals surface area contributed by atoms with Gasteiger partial charge in [-0.25, -0.2) is 0 Å². The zero-order chi connectivity index (χ0) is 34.3. The molecule has 0 atom stereocenters. The predicted molar refractivity (Wildman–Crippen MR) is 231 cm³/mol. The van der Waals surface area contributed by atoms with Gasteiger partial charge in [0.15, 0.2) is 14.3 Å². The predicted octanol–water partition coefficient (Wildman–Crippen LogP) is 10.1. The Labute approximate surface area is 320 Å². The zero-order valence-electron chi connectivity index (χ0n) is 27.0. The minimum Gasteiger partial charge on any atom is -0.309 e. The molecule has 0 N–H and O–H groups in total. The molecule has 244 valence electrons. The van der Waals surface area contributed by atoms with Crippen molar-refractivity contribution >= 4 is 106 Å². The summed E-state index contributed by atoms with van der Waals surface area (Å²) in [7, 11) is -6.94. The number of benzene rings is 7. The van der Waals surface area contributed by atoms with Gasteiger partial charge in [-0.05, 0) is 104 Å². The van der Waals surface area contributed by atoms with E-state index in [1.54, 1.807) is 0 Å². The van der Waals surface area contributed by atoms with Gasteiger partial charge in [0.2, 0.25) is 0 Å². The van der Waals surface area contributed by atoms with Crippen LogP contribution in [-0.2, 0) is 15.6 Å². The van der Waals surface area contributed by atoms with Gasteiger partial charge >= 0.3 is 0 Å². The fourth-order valence-electron chi connectivity index (χ4n) is 7.35. The van der Waals surface area contributed by atoms with Crippen LogP contribution in [0.1, 0.15) is 17.5 Å². The molecule has 1 aliphatic carbocycles. The first-order chi connectivity index (χ1) is 24.4. The molecule has 0 amide bonds. The number of fused-ring (bicyclic) bond motifs is 2. The van der Waals surface area contributed by atoms with Gasteiger partial charge in [-0.2, -0.15) is 0 Å². The van der Waals surface area contributed by atoms with Crippen LogP contribution in [0.2, 0.25) is 0 Å². The lowest BCUT2D eigenvalue weighted by Gasteiger charge is -2.31. The number of rotatable bonds is 7. The Morgan fingerprint density at radius 2 is 0.900 bits per heavy atom. The van der Waals surface area contributed by atoms with Gasteiger partial charge < -0.3 is 9.13 Å². The van der Waals surface area contributed by atoms with Crippen molar-refractivity contribution in [2.75, 3.05) is 0 Å². The molecular formula is C44H32I2O2P2. The maximum Gasteiger partial charge on any atom is 0.171 e. The largest absolute Gasteiger partial charge is 0.309 e. The van der Waals surface area contributed by atoms with E-state index in [1.807, 2.05) is 121 Å². The first-order valence-electron chi connectivity index (χ1n) is 16.6. The van der Waals surface area contributed by atoms with E-state index >= 15 is 9.13 Å². The smallest absolute Gasteiger partial charge is 0.171 e. The second-order valence-corrected chi connectivity index (χ2v) is 20.2. The highest BCUT2D eigenvalue weighted by Gasteiger charge is 2.39. The first kappa shape index (κ1) is 33.6. The minimum atomic E-state index is -3.47. The van der Waals surface area contributed by atoms with Crippen molar-refractivity contribution in [3.63, 3.8) is 0 Å². The quantitative estimate of drug-likeness (QED) is 0.118. The highest BCUT2D eigenvalue weighted by atomic mass is 127. The van der Waals surface area contributed by atoms with Gasteiger partial charge in [0, 0.05) is 44.5 Å². The third kappa shape index (κ3) is 5.60. The zero-order valence-corrected chi connectivity index (χ0v) is 33.2. The van der Waals surface area contributed by atoms with E-state index < -0.39 is 14.3 Å². The summed E-state index contributed by atoms with van der Waals surface area (Å²) in [5.41, 5.74) is 4.14. The Morgan fingerprint density at radius 3 is 1.40 bits per heavy atom. The second-order valence-electron chi connectivity index (χ2n) is 12.4. The summed E-state index contributed by atoms with van der Waals surface area (Å²) in [5.74, 6) is 0. The third-order valence-corrected chi connectivity index (χ3v) is 17.8. The van der Waals surface area contributed by atoms with Crippen molar-refractivity contribution in [2.45, 2.75) is 12.8 Å². The van der Waals surface area contributed by atoms with E-state index in [9.17, 15) is 0 Å². The fraction of sp³-hybridized carbons (Fsp3) is 0.0455. The molecular weight excluding hydrogens is 876 g/mol. The number of halogens is 2. The highest BCUT2D eigenvalue weighted by Crippen LogP contribution is 2.52. The van der Waals surface area contributed by atoms with Gasteiger partial charge in [0.25, 0.3) is 0 Å². The summed E-state index contributed by atoms with van der Waals surface area (Å²) < 4.78 is 35.1. The van der Waals surface area contributed by atoms with E-state index in [4.69, 9.17) is 0 Å². The summed E-state index contributed by atoms with van der Waals surface area (Å²) in [4.78, 5) is 0. The summed E-state index contributed by atoms with van der Waals surface area (Å²) in [6.45, 7) is 0. The normalized spacial score (nSPS) is 13.1. The molecule has 0 aromatic heterocycles. The van der Waals surface area contributed by atoms with Crippen molar-refractivity contribution in [3.05, 3.63) is 185 Å². The maximum atomic E-state index is 16.4. The van der Waals surface area contributed by atoms with Crippen LogP contribution in [-0.4, -0.2) is 0 Å². The van der Waals surface area contributed by atoms with E-state index in [-0.39, 0.29) is 0 Å². The summed E-state index contributed by atoms with van der Waals surface area (Å²) in [6, 6.07) is 54.4. The van der Waals surface area contributed by atoms with Crippen LogP contribution in [0.15, 0.2) is 170 Å². The standard InChI is InChI=1S/C44H32I2O2P2/c45-39-25-13-23-37-35(39)27-29-41(49(47,31-15-5-1-6-16-31)32-17-7-2-8-18-32)43(37)44-38-24-14-26-40(46)36(38)28-30-42(44)50(48,33-19-9-3-10-20-33)34-21-11-4-12-22-34/h1-13,15-23,25-30H,14,24H2. The fourth-order valence-corrected chi connectivity index (χ4v) is 14.6. The average Bonchev–Trinajstić information content (AvgIpc) is 3.18. The summed E-state index contributed by atoms with van der Waals surface area (Å²) in [6.07, 6.45) is 3.94. The van der Waals surface area contributed by atoms with Crippen LogP contribution in [0.25, 0.3) is 25.5 Å². The van der Waals surface area contributed by atoms with Gasteiger partial charge in [0.1, 0.15) is 0 Å². The molecule has 2 nitrogen and oxygen atoms in total. The molecule has 7 aromatic rings. The molecule has 6 heteroatoms. The molecule has 7 aromatic carbocycles. The molecule has 0 bridgehead atoms. The van der Waals surface area contributed by atoms with Gasteiger partial charge in [-0.1, -0.05) is 152 Å². The Balaban J connectivity index is 1.60. The molecule has 0 saturated heterocycles.